The van der Waals surface area contributed by atoms with Gasteiger partial charge in [-0.05, 0) is 43.2 Å². The molecule has 24 heavy (non-hydrogen) atoms. The van der Waals surface area contributed by atoms with Crippen LogP contribution in [0.2, 0.25) is 0 Å². The molecular weight excluding hydrogens is 311 g/mol. The Balaban J connectivity index is 1.75. The van der Waals surface area contributed by atoms with Crippen LogP contribution in [-0.4, -0.2) is 30.3 Å². The monoisotopic (exact) mass is 332 g/mol. The third kappa shape index (κ3) is 4.68. The van der Waals surface area contributed by atoms with Crippen LogP contribution in [0.15, 0.2) is 47.1 Å². The van der Waals surface area contributed by atoms with Crippen molar-refractivity contribution in [2.24, 2.45) is 0 Å². The molecule has 6 heteroatoms. The predicted octanol–water partition coefficient (Wildman–Crippen LogP) is 3.15. The van der Waals surface area contributed by atoms with Gasteiger partial charge in [0.15, 0.2) is 5.76 Å². The van der Waals surface area contributed by atoms with E-state index in [0.717, 1.165) is 5.56 Å². The highest BCUT2D eigenvalue weighted by molar-refractivity contribution is 5.91. The van der Waals surface area contributed by atoms with Gasteiger partial charge < -0.3 is 14.6 Å². The average molecular weight is 332 g/mol. The molecule has 0 aliphatic heterocycles. The van der Waals surface area contributed by atoms with Gasteiger partial charge in [0.2, 0.25) is 5.91 Å². The highest BCUT2D eigenvalue weighted by atomic mass is 19.1. The van der Waals surface area contributed by atoms with E-state index in [1.165, 1.54) is 18.4 Å². The summed E-state index contributed by atoms with van der Waals surface area (Å²) in [5, 5.41) is 2.70. The number of furan rings is 1. The molecule has 0 unspecified atom stereocenters. The van der Waals surface area contributed by atoms with Crippen molar-refractivity contribution in [3.05, 3.63) is 59.8 Å². The van der Waals surface area contributed by atoms with E-state index in [9.17, 15) is 14.0 Å². The fourth-order valence-corrected chi connectivity index (χ4v) is 2.29. The third-order valence-corrected chi connectivity index (χ3v) is 3.92. The molecule has 0 bridgehead atoms. The molecular formula is C18H21FN2O3. The first-order valence-electron chi connectivity index (χ1n) is 7.82. The first-order chi connectivity index (χ1) is 11.5. The van der Waals surface area contributed by atoms with E-state index in [-0.39, 0.29) is 29.4 Å². The van der Waals surface area contributed by atoms with Crippen molar-refractivity contribution in [2.45, 2.75) is 25.8 Å². The van der Waals surface area contributed by atoms with Crippen LogP contribution in [0.25, 0.3) is 0 Å². The van der Waals surface area contributed by atoms with Gasteiger partial charge in [0, 0.05) is 20.0 Å². The topological polar surface area (TPSA) is 62.6 Å². The second-order valence-corrected chi connectivity index (χ2v) is 5.57. The van der Waals surface area contributed by atoms with E-state index in [4.69, 9.17) is 4.42 Å². The molecule has 1 aromatic carbocycles. The van der Waals surface area contributed by atoms with Gasteiger partial charge >= 0.3 is 0 Å². The zero-order valence-electron chi connectivity index (χ0n) is 13.8. The number of amides is 2. The van der Waals surface area contributed by atoms with Crippen molar-refractivity contribution in [1.29, 1.82) is 0 Å². The molecule has 0 spiro atoms. The molecule has 0 aliphatic rings. The minimum atomic E-state index is -0.299. The van der Waals surface area contributed by atoms with Gasteiger partial charge in [-0.15, -0.1) is 0 Å². The van der Waals surface area contributed by atoms with Gasteiger partial charge in [0.05, 0.1) is 12.3 Å². The van der Waals surface area contributed by atoms with Gasteiger partial charge in [-0.25, -0.2) is 4.39 Å². The number of hydrogen-bond donors (Lipinski definition) is 1. The fourth-order valence-electron chi connectivity index (χ4n) is 2.29. The van der Waals surface area contributed by atoms with E-state index in [0.29, 0.717) is 19.4 Å². The molecule has 0 fully saturated rings. The highest BCUT2D eigenvalue weighted by Gasteiger charge is 2.17. The number of rotatable bonds is 7. The number of carbonyl (C=O) groups is 2. The molecule has 0 aliphatic carbocycles. The quantitative estimate of drug-likeness (QED) is 0.792. The van der Waals surface area contributed by atoms with Crippen LogP contribution in [0.4, 0.5) is 4.39 Å². The molecule has 1 heterocycles. The summed E-state index contributed by atoms with van der Waals surface area (Å²) in [6.07, 6.45) is 2.29. The summed E-state index contributed by atoms with van der Waals surface area (Å²) in [7, 11) is 1.72. The van der Waals surface area contributed by atoms with Crippen molar-refractivity contribution < 1.29 is 18.4 Å². The standard InChI is InChI=1S/C18H21FN2O3/c1-13(14-7-9-15(19)10-8-14)21(2)17(22)6-3-11-20-18(23)16-5-4-12-24-16/h4-5,7-10,12-13H,3,6,11H2,1-2H3,(H,20,23)/t13-/m0/s1. The number of nitrogens with one attached hydrogen (secondary N) is 1. The van der Waals surface area contributed by atoms with Crippen LogP contribution in [0.1, 0.15) is 41.9 Å². The minimum Gasteiger partial charge on any atom is -0.459 e. The largest absolute Gasteiger partial charge is 0.459 e. The highest BCUT2D eigenvalue weighted by Crippen LogP contribution is 2.19. The Bertz CT molecular complexity index is 668. The molecule has 2 rings (SSSR count). The number of hydrogen-bond acceptors (Lipinski definition) is 3. The summed E-state index contributed by atoms with van der Waals surface area (Å²) in [5.74, 6) is -0.366. The number of carbonyl (C=O) groups excluding carboxylic acids is 2. The van der Waals surface area contributed by atoms with Crippen LogP contribution in [0, 0.1) is 5.82 Å². The van der Waals surface area contributed by atoms with Gasteiger partial charge in [-0.1, -0.05) is 12.1 Å². The van der Waals surface area contributed by atoms with E-state index in [2.05, 4.69) is 5.32 Å². The second kappa shape index (κ2) is 8.29. The third-order valence-electron chi connectivity index (χ3n) is 3.92. The maximum absolute atomic E-state index is 13.0. The maximum Gasteiger partial charge on any atom is 0.286 e. The van der Waals surface area contributed by atoms with Crippen LogP contribution in [-0.2, 0) is 4.79 Å². The van der Waals surface area contributed by atoms with Crippen molar-refractivity contribution >= 4 is 11.8 Å². The normalized spacial score (nSPS) is 11.8. The van der Waals surface area contributed by atoms with Crippen molar-refractivity contribution in [3.8, 4) is 0 Å². The SMILES string of the molecule is C[C@@H](c1ccc(F)cc1)N(C)C(=O)CCCNC(=O)c1ccco1. The first kappa shape index (κ1) is 17.7. The van der Waals surface area contributed by atoms with Crippen LogP contribution >= 0.6 is 0 Å². The molecule has 5 nitrogen and oxygen atoms in total. The zero-order chi connectivity index (χ0) is 17.5. The van der Waals surface area contributed by atoms with Gasteiger partial charge in [-0.3, -0.25) is 9.59 Å². The molecule has 1 atom stereocenters. The Kier molecular flexibility index (Phi) is 6.12. The van der Waals surface area contributed by atoms with Crippen LogP contribution in [0.3, 0.4) is 0 Å². The van der Waals surface area contributed by atoms with Gasteiger partial charge in [0.25, 0.3) is 5.91 Å². The lowest BCUT2D eigenvalue weighted by atomic mass is 10.1. The summed E-state index contributed by atoms with van der Waals surface area (Å²) in [5.41, 5.74) is 0.873. The molecule has 0 saturated carbocycles. The van der Waals surface area contributed by atoms with Crippen molar-refractivity contribution in [3.63, 3.8) is 0 Å². The summed E-state index contributed by atoms with van der Waals surface area (Å²) in [4.78, 5) is 25.5. The lowest BCUT2D eigenvalue weighted by Gasteiger charge is -2.25. The molecule has 1 aromatic heterocycles. The molecule has 128 valence electrons. The summed E-state index contributed by atoms with van der Waals surface area (Å²) in [6, 6.07) is 9.20. The molecule has 0 saturated heterocycles. The summed E-state index contributed by atoms with van der Waals surface area (Å²) in [6.45, 7) is 2.29. The Hall–Kier alpha value is -2.63. The first-order valence-corrected chi connectivity index (χ1v) is 7.82. The average Bonchev–Trinajstić information content (AvgIpc) is 3.12. The van der Waals surface area contributed by atoms with Crippen LogP contribution in [0.5, 0.6) is 0 Å². The number of benzene rings is 1. The fraction of sp³-hybridized carbons (Fsp3) is 0.333. The van der Waals surface area contributed by atoms with E-state index < -0.39 is 0 Å². The van der Waals surface area contributed by atoms with Crippen LogP contribution < -0.4 is 5.32 Å². The Morgan fingerprint density at radius 3 is 2.58 bits per heavy atom. The summed E-state index contributed by atoms with van der Waals surface area (Å²) < 4.78 is 17.9. The van der Waals surface area contributed by atoms with Gasteiger partial charge in [-0.2, -0.15) is 0 Å². The molecule has 2 amide bonds. The van der Waals surface area contributed by atoms with E-state index >= 15 is 0 Å². The maximum atomic E-state index is 13.0. The Morgan fingerprint density at radius 2 is 1.96 bits per heavy atom. The smallest absolute Gasteiger partial charge is 0.286 e. The Labute approximate surface area is 140 Å². The lowest BCUT2D eigenvalue weighted by molar-refractivity contribution is -0.131. The number of nitrogens with zero attached hydrogens (tertiary/aromatic N) is 1. The van der Waals surface area contributed by atoms with Crippen molar-refractivity contribution in [1.82, 2.24) is 10.2 Å². The molecule has 1 N–H and O–H groups in total. The zero-order valence-corrected chi connectivity index (χ0v) is 13.8. The van der Waals surface area contributed by atoms with E-state index in [1.807, 2.05) is 6.92 Å². The predicted molar refractivity (Wildman–Crippen MR) is 87.9 cm³/mol. The number of halogens is 1. The van der Waals surface area contributed by atoms with Crippen molar-refractivity contribution in [2.75, 3.05) is 13.6 Å². The minimum absolute atomic E-state index is 0.0286. The second-order valence-electron chi connectivity index (χ2n) is 5.57. The molecule has 2 aromatic rings. The van der Waals surface area contributed by atoms with Gasteiger partial charge in [0.1, 0.15) is 5.82 Å². The lowest BCUT2D eigenvalue weighted by Crippen LogP contribution is -2.31. The Morgan fingerprint density at radius 1 is 1.25 bits per heavy atom. The van der Waals surface area contributed by atoms with E-state index in [1.54, 1.807) is 36.2 Å². The molecule has 0 radical (unpaired) electrons. The summed E-state index contributed by atoms with van der Waals surface area (Å²) >= 11 is 0.